The molecule has 0 bridgehead atoms. The molecule has 37 valence electrons. The average molecular weight is 102 g/mol. The highest BCUT2D eigenvalue weighted by Gasteiger charge is 2.07. The maximum absolute atomic E-state index is 4.02. The lowest BCUT2D eigenvalue weighted by Crippen LogP contribution is -1.85. The van der Waals surface area contributed by atoms with E-state index in [1.54, 1.807) is 6.20 Å². The van der Waals surface area contributed by atoms with E-state index in [-0.39, 0.29) is 0 Å². The smallest absolute Gasteiger partial charge is 0.0781 e. The Morgan fingerprint density at radius 2 is 2.50 bits per heavy atom. The van der Waals surface area contributed by atoms with Gasteiger partial charge in [-0.25, -0.2) is 0 Å². The highest BCUT2D eigenvalue weighted by atomic mass is 14.7. The fourth-order valence-corrected chi connectivity index (χ4v) is 0.811. The van der Waals surface area contributed by atoms with Crippen LogP contribution in [0.5, 0.6) is 0 Å². The van der Waals surface area contributed by atoms with Gasteiger partial charge in [0.15, 0.2) is 0 Å². The molecule has 0 spiro atoms. The van der Waals surface area contributed by atoms with Gasteiger partial charge < -0.3 is 0 Å². The molecule has 0 saturated heterocycles. The van der Waals surface area contributed by atoms with E-state index in [9.17, 15) is 0 Å². The van der Waals surface area contributed by atoms with Crippen molar-refractivity contribution in [2.75, 3.05) is 0 Å². The molecule has 1 aliphatic heterocycles. The number of aliphatic imine (C=N–C) groups is 1. The normalized spacial score (nSPS) is 21.0. The standard InChI is InChI=1S/C7H4N/c1-2-6-4-5-8-7(6)3-1/h1-2,4-5H. The van der Waals surface area contributed by atoms with Gasteiger partial charge in [0.1, 0.15) is 0 Å². The zero-order chi connectivity index (χ0) is 5.40. The lowest BCUT2D eigenvalue weighted by molar-refractivity contribution is 1.62. The monoisotopic (exact) mass is 102 g/mol. The number of hydrogen-bond donors (Lipinski definition) is 0. The first-order chi connectivity index (χ1) is 3.97. The quantitative estimate of drug-likeness (QED) is 0.436. The molecule has 0 aromatic carbocycles. The fourth-order valence-electron chi connectivity index (χ4n) is 0.811. The van der Waals surface area contributed by atoms with E-state index < -0.39 is 0 Å². The van der Waals surface area contributed by atoms with Gasteiger partial charge >= 0.3 is 0 Å². The molecule has 0 unspecified atom stereocenters. The minimum absolute atomic E-state index is 0.977. The highest BCUT2D eigenvalue weighted by Crippen LogP contribution is 2.13. The van der Waals surface area contributed by atoms with Gasteiger partial charge in [0.25, 0.3) is 0 Å². The summed E-state index contributed by atoms with van der Waals surface area (Å²) in [5.74, 6) is 0. The van der Waals surface area contributed by atoms with Gasteiger partial charge in [-0.15, -0.1) is 0 Å². The second kappa shape index (κ2) is 1.19. The van der Waals surface area contributed by atoms with Crippen LogP contribution in [0.25, 0.3) is 0 Å². The predicted molar refractivity (Wildman–Crippen MR) is 32.5 cm³/mol. The second-order valence-electron chi connectivity index (χ2n) is 1.73. The van der Waals surface area contributed by atoms with Crippen molar-refractivity contribution in [3.05, 3.63) is 36.1 Å². The largest absolute Gasteiger partial charge is 0.256 e. The van der Waals surface area contributed by atoms with Gasteiger partial charge in [-0.1, -0.05) is 12.2 Å². The molecule has 1 radical (unpaired) electrons. The molecule has 0 aromatic heterocycles. The van der Waals surface area contributed by atoms with Gasteiger partial charge in [-0.05, 0) is 6.08 Å². The van der Waals surface area contributed by atoms with Crippen LogP contribution in [0.4, 0.5) is 0 Å². The first kappa shape index (κ1) is 3.84. The lowest BCUT2D eigenvalue weighted by atomic mass is 10.2. The van der Waals surface area contributed by atoms with Crippen molar-refractivity contribution in [2.24, 2.45) is 4.99 Å². The zero-order valence-electron chi connectivity index (χ0n) is 4.26. The first-order valence-electron chi connectivity index (χ1n) is 2.51. The molecule has 0 amide bonds. The Hall–Kier alpha value is -1.11. The van der Waals surface area contributed by atoms with Crippen molar-refractivity contribution in [1.82, 2.24) is 0 Å². The van der Waals surface area contributed by atoms with Gasteiger partial charge in [0, 0.05) is 17.8 Å². The first-order valence-corrected chi connectivity index (χ1v) is 2.51. The fraction of sp³-hybridized carbons (Fsp3) is 0. The van der Waals surface area contributed by atoms with Crippen LogP contribution in [-0.4, -0.2) is 5.71 Å². The molecular formula is C7H4N. The SMILES string of the molecule is [C]1=CC=C2C=CN=C12. The molecule has 0 atom stereocenters. The maximum atomic E-state index is 4.02. The molecule has 0 fully saturated rings. The second-order valence-corrected chi connectivity index (χ2v) is 1.73. The Morgan fingerprint density at radius 1 is 1.50 bits per heavy atom. The van der Waals surface area contributed by atoms with Crippen LogP contribution >= 0.6 is 0 Å². The van der Waals surface area contributed by atoms with Crippen LogP contribution in [0.3, 0.4) is 0 Å². The molecule has 1 heterocycles. The molecule has 0 N–H and O–H groups in total. The third-order valence-electron chi connectivity index (χ3n) is 1.21. The van der Waals surface area contributed by atoms with E-state index in [0.717, 1.165) is 5.71 Å². The van der Waals surface area contributed by atoms with Crippen molar-refractivity contribution >= 4 is 5.71 Å². The zero-order valence-corrected chi connectivity index (χ0v) is 4.26. The molecular weight excluding hydrogens is 98.1 g/mol. The van der Waals surface area contributed by atoms with Crippen LogP contribution in [0, 0.1) is 6.08 Å². The molecule has 0 saturated carbocycles. The minimum Gasteiger partial charge on any atom is -0.256 e. The summed E-state index contributed by atoms with van der Waals surface area (Å²) in [4.78, 5) is 4.02. The van der Waals surface area contributed by atoms with Crippen molar-refractivity contribution in [3.8, 4) is 0 Å². The van der Waals surface area contributed by atoms with E-state index in [1.165, 1.54) is 5.57 Å². The molecule has 1 heteroatoms. The van der Waals surface area contributed by atoms with Crippen molar-refractivity contribution < 1.29 is 0 Å². The van der Waals surface area contributed by atoms with Crippen molar-refractivity contribution in [3.63, 3.8) is 0 Å². The topological polar surface area (TPSA) is 12.4 Å². The molecule has 0 aromatic rings. The Kier molecular flexibility index (Phi) is 0.570. The number of fused-ring (bicyclic) bond motifs is 1. The molecule has 1 aliphatic carbocycles. The van der Waals surface area contributed by atoms with Crippen LogP contribution in [0.15, 0.2) is 35.0 Å². The van der Waals surface area contributed by atoms with Crippen LogP contribution in [0.2, 0.25) is 0 Å². The lowest BCUT2D eigenvalue weighted by Gasteiger charge is -1.82. The summed E-state index contributed by atoms with van der Waals surface area (Å²) in [5, 5.41) is 0. The third-order valence-corrected chi connectivity index (χ3v) is 1.21. The van der Waals surface area contributed by atoms with Gasteiger partial charge in [0.2, 0.25) is 0 Å². The Balaban J connectivity index is 2.59. The summed E-state index contributed by atoms with van der Waals surface area (Å²) >= 11 is 0. The van der Waals surface area contributed by atoms with Crippen molar-refractivity contribution in [1.29, 1.82) is 0 Å². The Morgan fingerprint density at radius 3 is 3.38 bits per heavy atom. The molecule has 1 nitrogen and oxygen atoms in total. The maximum Gasteiger partial charge on any atom is 0.0781 e. The Bertz CT molecular complexity index is 203. The molecule has 8 heavy (non-hydrogen) atoms. The van der Waals surface area contributed by atoms with E-state index in [0.29, 0.717) is 0 Å². The number of hydrogen-bond acceptors (Lipinski definition) is 1. The molecule has 2 aliphatic rings. The minimum atomic E-state index is 0.977. The van der Waals surface area contributed by atoms with Gasteiger partial charge in [0.05, 0.1) is 5.71 Å². The summed E-state index contributed by atoms with van der Waals surface area (Å²) in [6, 6.07) is 0. The molecule has 2 rings (SSSR count). The van der Waals surface area contributed by atoms with E-state index in [4.69, 9.17) is 0 Å². The average Bonchev–Trinajstić information content (AvgIpc) is 2.15. The van der Waals surface area contributed by atoms with Crippen LogP contribution in [-0.2, 0) is 0 Å². The number of rotatable bonds is 0. The summed E-state index contributed by atoms with van der Waals surface area (Å²) in [5.41, 5.74) is 2.16. The Labute approximate surface area is 47.7 Å². The number of nitrogens with zero attached hydrogens (tertiary/aromatic N) is 1. The van der Waals surface area contributed by atoms with Gasteiger partial charge in [-0.2, -0.15) is 0 Å². The van der Waals surface area contributed by atoms with Gasteiger partial charge in [-0.3, -0.25) is 4.99 Å². The number of allylic oxidation sites excluding steroid dienone is 5. The van der Waals surface area contributed by atoms with Crippen LogP contribution in [0.1, 0.15) is 0 Å². The highest BCUT2D eigenvalue weighted by molar-refractivity contribution is 6.11. The van der Waals surface area contributed by atoms with E-state index >= 15 is 0 Å². The summed E-state index contributed by atoms with van der Waals surface area (Å²) in [6.07, 6.45) is 10.6. The van der Waals surface area contributed by atoms with Crippen molar-refractivity contribution in [2.45, 2.75) is 0 Å². The summed E-state index contributed by atoms with van der Waals surface area (Å²) < 4.78 is 0. The van der Waals surface area contributed by atoms with E-state index in [1.807, 2.05) is 18.2 Å². The van der Waals surface area contributed by atoms with E-state index in [2.05, 4.69) is 11.1 Å². The third kappa shape index (κ3) is 0.334. The summed E-state index contributed by atoms with van der Waals surface area (Å²) in [6.45, 7) is 0. The van der Waals surface area contributed by atoms with Crippen LogP contribution < -0.4 is 0 Å². The summed E-state index contributed by atoms with van der Waals surface area (Å²) in [7, 11) is 0. The predicted octanol–water partition coefficient (Wildman–Crippen LogP) is 1.25.